The van der Waals surface area contributed by atoms with Crippen LogP contribution in [-0.4, -0.2) is 12.4 Å². The summed E-state index contributed by atoms with van der Waals surface area (Å²) in [5.74, 6) is 0.715. The fourth-order valence-corrected chi connectivity index (χ4v) is 2.74. The Bertz CT molecular complexity index is 677. The molecular weight excluding hydrogens is 272 g/mol. The Balaban J connectivity index is 2.09. The Morgan fingerprint density at radius 2 is 1.90 bits per heavy atom. The van der Waals surface area contributed by atoms with Gasteiger partial charge in [-0.2, -0.15) is 0 Å². The summed E-state index contributed by atoms with van der Waals surface area (Å²) in [6, 6.07) is 11.2. The quantitative estimate of drug-likeness (QED) is 0.773. The fraction of sp³-hybridized carbons (Fsp3) is 0.235. The summed E-state index contributed by atoms with van der Waals surface area (Å²) in [6.07, 6.45) is 1.96. The van der Waals surface area contributed by atoms with E-state index in [0.717, 1.165) is 29.7 Å². The lowest BCUT2D eigenvalue weighted by Gasteiger charge is -2.20. The minimum atomic E-state index is -0.0243. The Morgan fingerprint density at radius 3 is 2.75 bits per heavy atom. The number of halogens is 1. The van der Waals surface area contributed by atoms with Gasteiger partial charge in [0.25, 0.3) is 0 Å². The van der Waals surface area contributed by atoms with Crippen LogP contribution in [0.5, 0.6) is 5.75 Å². The lowest BCUT2D eigenvalue weighted by atomic mass is 9.95. The zero-order chi connectivity index (χ0) is 14.1. The van der Waals surface area contributed by atoms with Crippen molar-refractivity contribution in [3.05, 3.63) is 63.7 Å². The van der Waals surface area contributed by atoms with Crippen molar-refractivity contribution >= 4 is 17.4 Å². The van der Waals surface area contributed by atoms with Crippen LogP contribution in [0.4, 0.5) is 0 Å². The highest BCUT2D eigenvalue weighted by molar-refractivity contribution is 6.32. The number of carbonyl (C=O) groups excluding carboxylic acids is 1. The van der Waals surface area contributed by atoms with E-state index in [1.165, 1.54) is 0 Å². The molecule has 3 heteroatoms. The predicted octanol–water partition coefficient (Wildman–Crippen LogP) is 4.20. The number of hydrogen-bond donors (Lipinski definition) is 0. The molecule has 1 aliphatic heterocycles. The summed E-state index contributed by atoms with van der Waals surface area (Å²) in [4.78, 5) is 12.8. The van der Waals surface area contributed by atoms with Gasteiger partial charge in [-0.15, -0.1) is 0 Å². The average molecular weight is 287 g/mol. The lowest BCUT2D eigenvalue weighted by molar-refractivity contribution is 0.103. The van der Waals surface area contributed by atoms with Crippen molar-refractivity contribution in [3.8, 4) is 5.75 Å². The monoisotopic (exact) mass is 286 g/mol. The van der Waals surface area contributed by atoms with Crippen LogP contribution >= 0.6 is 11.6 Å². The third-order valence-corrected chi connectivity index (χ3v) is 4.10. The Kier molecular flexibility index (Phi) is 3.49. The number of aryl methyl sites for hydroxylation is 1. The molecule has 0 saturated carbocycles. The van der Waals surface area contributed by atoms with Gasteiger partial charge in [-0.25, -0.2) is 0 Å². The lowest BCUT2D eigenvalue weighted by Crippen LogP contribution is -2.14. The molecule has 0 saturated heterocycles. The highest BCUT2D eigenvalue weighted by Crippen LogP contribution is 2.31. The smallest absolute Gasteiger partial charge is 0.197 e. The summed E-state index contributed by atoms with van der Waals surface area (Å²) >= 11 is 6.11. The van der Waals surface area contributed by atoms with Crippen LogP contribution in [0.15, 0.2) is 36.4 Å². The molecule has 0 N–H and O–H groups in total. The van der Waals surface area contributed by atoms with Gasteiger partial charge in [0, 0.05) is 10.6 Å². The number of rotatable bonds is 2. The van der Waals surface area contributed by atoms with Crippen molar-refractivity contribution < 1.29 is 9.53 Å². The van der Waals surface area contributed by atoms with Gasteiger partial charge >= 0.3 is 0 Å². The maximum Gasteiger partial charge on any atom is 0.197 e. The minimum absolute atomic E-state index is 0.0243. The van der Waals surface area contributed by atoms with Crippen LogP contribution in [0.2, 0.25) is 5.02 Å². The first-order valence-corrected chi connectivity index (χ1v) is 7.11. The highest BCUT2D eigenvalue weighted by Gasteiger charge is 2.21. The third kappa shape index (κ3) is 2.20. The van der Waals surface area contributed by atoms with E-state index in [4.69, 9.17) is 16.3 Å². The molecule has 0 unspecified atom stereocenters. The number of ether oxygens (including phenoxy) is 1. The van der Waals surface area contributed by atoms with Gasteiger partial charge in [0.2, 0.25) is 0 Å². The van der Waals surface area contributed by atoms with E-state index in [1.54, 1.807) is 12.1 Å². The maximum atomic E-state index is 12.8. The minimum Gasteiger partial charge on any atom is -0.493 e. The van der Waals surface area contributed by atoms with Gasteiger partial charge < -0.3 is 4.74 Å². The summed E-state index contributed by atoms with van der Waals surface area (Å²) in [6.45, 7) is 2.54. The van der Waals surface area contributed by atoms with Crippen LogP contribution in [0, 0.1) is 6.92 Å². The number of ketones is 1. The number of para-hydroxylation sites is 1. The van der Waals surface area contributed by atoms with Crippen molar-refractivity contribution in [2.24, 2.45) is 0 Å². The molecule has 2 aromatic carbocycles. The van der Waals surface area contributed by atoms with E-state index < -0.39 is 0 Å². The largest absolute Gasteiger partial charge is 0.493 e. The Labute approximate surface area is 123 Å². The number of fused-ring (bicyclic) bond motifs is 1. The van der Waals surface area contributed by atoms with Gasteiger partial charge in [-0.05, 0) is 43.0 Å². The molecule has 0 atom stereocenters. The zero-order valence-corrected chi connectivity index (χ0v) is 12.0. The average Bonchev–Trinajstić information content (AvgIpc) is 2.49. The van der Waals surface area contributed by atoms with E-state index in [0.29, 0.717) is 22.8 Å². The van der Waals surface area contributed by atoms with E-state index >= 15 is 0 Å². The molecule has 0 fully saturated rings. The van der Waals surface area contributed by atoms with E-state index in [-0.39, 0.29) is 5.78 Å². The molecule has 20 heavy (non-hydrogen) atoms. The molecule has 1 aliphatic rings. The van der Waals surface area contributed by atoms with Crippen LogP contribution < -0.4 is 4.74 Å². The van der Waals surface area contributed by atoms with Crippen molar-refractivity contribution in [2.45, 2.75) is 19.8 Å². The molecule has 0 bridgehead atoms. The van der Waals surface area contributed by atoms with Gasteiger partial charge in [0.15, 0.2) is 5.78 Å². The number of carbonyl (C=O) groups is 1. The van der Waals surface area contributed by atoms with Crippen molar-refractivity contribution in [1.29, 1.82) is 0 Å². The van der Waals surface area contributed by atoms with E-state index in [1.807, 2.05) is 31.2 Å². The van der Waals surface area contributed by atoms with Gasteiger partial charge in [-0.1, -0.05) is 35.9 Å². The molecule has 102 valence electrons. The summed E-state index contributed by atoms with van der Waals surface area (Å²) in [5.41, 5.74) is 3.20. The Hall–Kier alpha value is -1.80. The molecule has 0 aliphatic carbocycles. The molecule has 0 spiro atoms. The first kappa shape index (κ1) is 13.2. The maximum absolute atomic E-state index is 12.8. The summed E-state index contributed by atoms with van der Waals surface area (Å²) in [5, 5.41) is 0.613. The molecular formula is C17H15ClO2. The molecule has 2 nitrogen and oxygen atoms in total. The van der Waals surface area contributed by atoms with Crippen molar-refractivity contribution in [3.63, 3.8) is 0 Å². The second-order valence-corrected chi connectivity index (χ2v) is 5.39. The van der Waals surface area contributed by atoms with Gasteiger partial charge in [0.05, 0.1) is 12.2 Å². The molecule has 0 amide bonds. The Morgan fingerprint density at radius 1 is 1.15 bits per heavy atom. The summed E-state index contributed by atoms with van der Waals surface area (Å²) < 4.78 is 5.71. The first-order valence-electron chi connectivity index (χ1n) is 6.73. The topological polar surface area (TPSA) is 26.3 Å². The van der Waals surface area contributed by atoms with Crippen molar-refractivity contribution in [2.75, 3.05) is 6.61 Å². The number of hydrogen-bond acceptors (Lipinski definition) is 2. The molecule has 1 heterocycles. The molecule has 0 aromatic heterocycles. The second-order valence-electron chi connectivity index (χ2n) is 4.99. The summed E-state index contributed by atoms with van der Waals surface area (Å²) in [7, 11) is 0. The number of benzene rings is 2. The fourth-order valence-electron chi connectivity index (χ4n) is 2.57. The predicted molar refractivity (Wildman–Crippen MR) is 79.9 cm³/mol. The molecule has 3 rings (SSSR count). The van der Waals surface area contributed by atoms with E-state index in [2.05, 4.69) is 0 Å². The first-order chi connectivity index (χ1) is 9.68. The van der Waals surface area contributed by atoms with Crippen LogP contribution in [0.1, 0.15) is 33.5 Å². The van der Waals surface area contributed by atoms with Crippen LogP contribution in [0.3, 0.4) is 0 Å². The molecule has 2 aromatic rings. The SMILES string of the molecule is Cc1c(Cl)cccc1C(=O)c1cccc2c1OCCC2. The standard InChI is InChI=1S/C17H15ClO2/c1-11-13(7-3-9-15(11)18)16(19)14-8-2-5-12-6-4-10-20-17(12)14/h2-3,5,7-9H,4,6,10H2,1H3. The normalized spacial score (nSPS) is 13.5. The van der Waals surface area contributed by atoms with Crippen LogP contribution in [0.25, 0.3) is 0 Å². The molecule has 0 radical (unpaired) electrons. The second kappa shape index (κ2) is 5.29. The van der Waals surface area contributed by atoms with Gasteiger partial charge in [-0.3, -0.25) is 4.79 Å². The van der Waals surface area contributed by atoms with Gasteiger partial charge in [0.1, 0.15) is 5.75 Å². The van der Waals surface area contributed by atoms with E-state index in [9.17, 15) is 4.79 Å². The highest BCUT2D eigenvalue weighted by atomic mass is 35.5. The van der Waals surface area contributed by atoms with Crippen molar-refractivity contribution in [1.82, 2.24) is 0 Å². The van der Waals surface area contributed by atoms with Crippen LogP contribution in [-0.2, 0) is 6.42 Å². The zero-order valence-electron chi connectivity index (χ0n) is 11.3. The third-order valence-electron chi connectivity index (χ3n) is 3.69.